The predicted octanol–water partition coefficient (Wildman–Crippen LogP) is 1.92. The van der Waals surface area contributed by atoms with Crippen molar-refractivity contribution in [3.63, 3.8) is 0 Å². The molecule has 10 nitrogen and oxygen atoms in total. The molecule has 28 heavy (non-hydrogen) atoms. The minimum absolute atomic E-state index is 0.0313. The third-order valence-corrected chi connectivity index (χ3v) is 5.25. The zero-order chi connectivity index (χ0) is 19.1. The highest BCUT2D eigenvalue weighted by Crippen LogP contribution is 2.46. The molecule has 0 aromatic carbocycles. The van der Waals surface area contributed by atoms with Gasteiger partial charge in [0.1, 0.15) is 11.4 Å². The summed E-state index contributed by atoms with van der Waals surface area (Å²) < 4.78 is 3.56. The largest absolute Gasteiger partial charge is 0.265 e. The Kier molecular flexibility index (Phi) is 3.46. The molecule has 0 atom stereocenters. The number of aromatic nitrogens is 8. The molecule has 0 radical (unpaired) electrons. The van der Waals surface area contributed by atoms with Gasteiger partial charge in [-0.1, -0.05) is 0 Å². The van der Waals surface area contributed by atoms with Gasteiger partial charge >= 0.3 is 0 Å². The SMILES string of the molecule is N#CC[C@]1(n2cc(-c3nc(-c4cn[nH]n4)cn4nccc34)cn2)C[C@@H](C#N)C1. The summed E-state index contributed by atoms with van der Waals surface area (Å²) in [5.41, 5.74) is 3.19. The maximum absolute atomic E-state index is 9.25. The molecule has 1 N–H and O–H groups in total. The van der Waals surface area contributed by atoms with Crippen molar-refractivity contribution in [3.8, 4) is 34.8 Å². The summed E-state index contributed by atoms with van der Waals surface area (Å²) in [5, 5.41) is 37.7. The monoisotopic (exact) mass is 370 g/mol. The second-order valence-electron chi connectivity index (χ2n) is 6.96. The van der Waals surface area contributed by atoms with E-state index in [2.05, 4.69) is 37.7 Å². The van der Waals surface area contributed by atoms with Gasteiger partial charge in [0, 0.05) is 11.8 Å². The van der Waals surface area contributed by atoms with E-state index in [4.69, 9.17) is 10.2 Å². The molecule has 0 spiro atoms. The van der Waals surface area contributed by atoms with Gasteiger partial charge in [-0.15, -0.1) is 0 Å². The number of nitriles is 2. The van der Waals surface area contributed by atoms with Crippen molar-refractivity contribution in [2.45, 2.75) is 24.8 Å². The zero-order valence-electron chi connectivity index (χ0n) is 14.7. The Morgan fingerprint density at radius 2 is 2.07 bits per heavy atom. The summed E-state index contributed by atoms with van der Waals surface area (Å²) in [6.45, 7) is 0. The van der Waals surface area contributed by atoms with Crippen LogP contribution in [0.1, 0.15) is 19.3 Å². The summed E-state index contributed by atoms with van der Waals surface area (Å²) in [6.07, 6.45) is 10.3. The van der Waals surface area contributed by atoms with E-state index in [0.29, 0.717) is 36.3 Å². The number of fused-ring (bicyclic) bond motifs is 1. The van der Waals surface area contributed by atoms with Crippen molar-refractivity contribution in [2.24, 2.45) is 5.92 Å². The first-order chi connectivity index (χ1) is 13.7. The van der Waals surface area contributed by atoms with Crippen molar-refractivity contribution >= 4 is 5.52 Å². The molecular formula is C18H14N10. The summed E-state index contributed by atoms with van der Waals surface area (Å²) in [7, 11) is 0. The first kappa shape index (κ1) is 16.1. The molecule has 4 aromatic heterocycles. The van der Waals surface area contributed by atoms with E-state index in [-0.39, 0.29) is 5.92 Å². The molecule has 4 aromatic rings. The van der Waals surface area contributed by atoms with E-state index in [1.54, 1.807) is 29.3 Å². The lowest BCUT2D eigenvalue weighted by Gasteiger charge is -2.43. The van der Waals surface area contributed by atoms with E-state index in [1.807, 2.05) is 16.9 Å². The molecule has 5 rings (SSSR count). The molecule has 0 saturated heterocycles. The van der Waals surface area contributed by atoms with Crippen LogP contribution in [0.5, 0.6) is 0 Å². The fourth-order valence-electron chi connectivity index (χ4n) is 3.80. The fourth-order valence-corrected chi connectivity index (χ4v) is 3.80. The van der Waals surface area contributed by atoms with Crippen molar-refractivity contribution < 1.29 is 0 Å². The standard InChI is InChI=1S/C18H14N10/c19-3-2-18(5-12(6-18)7-20)28-10-13(8-23-28)17-16-1-4-22-27(16)11-15(24-17)14-9-21-26-25-14/h1,4,8-12H,2,5-6H2,(H,21,25,26)/t12-,18+. The van der Waals surface area contributed by atoms with Crippen LogP contribution in [0.25, 0.3) is 28.2 Å². The van der Waals surface area contributed by atoms with Crippen LogP contribution in [0.15, 0.2) is 37.1 Å². The van der Waals surface area contributed by atoms with Gasteiger partial charge in [-0.25, -0.2) is 9.50 Å². The summed E-state index contributed by atoms with van der Waals surface area (Å²) in [4.78, 5) is 4.75. The van der Waals surface area contributed by atoms with E-state index in [9.17, 15) is 5.26 Å². The molecule has 4 heterocycles. The molecule has 1 saturated carbocycles. The van der Waals surface area contributed by atoms with Crippen LogP contribution in [0.4, 0.5) is 0 Å². The van der Waals surface area contributed by atoms with Gasteiger partial charge in [-0.05, 0) is 18.9 Å². The van der Waals surface area contributed by atoms with Crippen molar-refractivity contribution in [1.29, 1.82) is 10.5 Å². The second kappa shape index (κ2) is 5.99. The number of aromatic amines is 1. The summed E-state index contributed by atoms with van der Waals surface area (Å²) >= 11 is 0. The van der Waals surface area contributed by atoms with Crippen LogP contribution in [0.2, 0.25) is 0 Å². The third-order valence-electron chi connectivity index (χ3n) is 5.25. The number of H-pyrrole nitrogens is 1. The van der Waals surface area contributed by atoms with Gasteiger partial charge in [-0.3, -0.25) is 4.68 Å². The number of rotatable bonds is 4. The van der Waals surface area contributed by atoms with Gasteiger partial charge < -0.3 is 0 Å². The van der Waals surface area contributed by atoms with Gasteiger partial charge in [0.25, 0.3) is 0 Å². The highest BCUT2D eigenvalue weighted by Gasteiger charge is 2.46. The van der Waals surface area contributed by atoms with E-state index in [0.717, 1.165) is 11.1 Å². The van der Waals surface area contributed by atoms with Crippen LogP contribution in [0.3, 0.4) is 0 Å². The van der Waals surface area contributed by atoms with Crippen LogP contribution in [0, 0.1) is 28.6 Å². The molecular weight excluding hydrogens is 356 g/mol. The normalized spacial score (nSPS) is 21.1. The maximum Gasteiger partial charge on any atom is 0.132 e. The summed E-state index contributed by atoms with van der Waals surface area (Å²) in [6, 6.07) is 6.39. The fraction of sp³-hybridized carbons (Fsp3) is 0.278. The van der Waals surface area contributed by atoms with Crippen molar-refractivity contribution in [3.05, 3.63) is 37.1 Å². The van der Waals surface area contributed by atoms with Gasteiger partial charge in [0.2, 0.25) is 0 Å². The Morgan fingerprint density at radius 3 is 2.82 bits per heavy atom. The Morgan fingerprint density at radius 1 is 1.18 bits per heavy atom. The minimum Gasteiger partial charge on any atom is -0.265 e. The third kappa shape index (κ3) is 2.36. The Labute approximate surface area is 159 Å². The van der Waals surface area contributed by atoms with Crippen LogP contribution in [-0.2, 0) is 5.54 Å². The van der Waals surface area contributed by atoms with Gasteiger partial charge in [0.15, 0.2) is 0 Å². The predicted molar refractivity (Wildman–Crippen MR) is 96.1 cm³/mol. The average Bonchev–Trinajstić information content (AvgIpc) is 3.44. The molecule has 0 unspecified atom stereocenters. The Balaban J connectivity index is 1.60. The Hall–Kier alpha value is -4.05. The van der Waals surface area contributed by atoms with Gasteiger partial charge in [0.05, 0.1) is 66.0 Å². The highest BCUT2D eigenvalue weighted by molar-refractivity contribution is 5.77. The molecule has 0 aliphatic heterocycles. The molecule has 1 fully saturated rings. The molecule has 1 aliphatic carbocycles. The lowest BCUT2D eigenvalue weighted by molar-refractivity contribution is 0.0882. The average molecular weight is 370 g/mol. The second-order valence-corrected chi connectivity index (χ2v) is 6.96. The molecule has 1 aliphatic rings. The van der Waals surface area contributed by atoms with E-state index >= 15 is 0 Å². The molecule has 0 amide bonds. The van der Waals surface area contributed by atoms with Crippen molar-refractivity contribution in [1.82, 2.24) is 39.8 Å². The smallest absolute Gasteiger partial charge is 0.132 e. The first-order valence-corrected chi connectivity index (χ1v) is 8.75. The topological polar surface area (TPSA) is 137 Å². The molecule has 0 bridgehead atoms. The lowest BCUT2D eigenvalue weighted by atomic mass is 9.67. The number of nitrogens with zero attached hydrogens (tertiary/aromatic N) is 9. The maximum atomic E-state index is 9.25. The summed E-state index contributed by atoms with van der Waals surface area (Å²) in [5.74, 6) is -0.0313. The highest BCUT2D eigenvalue weighted by atomic mass is 15.3. The quantitative estimate of drug-likeness (QED) is 0.579. The lowest BCUT2D eigenvalue weighted by Crippen LogP contribution is -2.46. The molecule has 136 valence electrons. The Bertz CT molecular complexity index is 1230. The van der Waals surface area contributed by atoms with Crippen LogP contribution >= 0.6 is 0 Å². The van der Waals surface area contributed by atoms with Crippen LogP contribution < -0.4 is 0 Å². The van der Waals surface area contributed by atoms with Crippen LogP contribution in [-0.4, -0.2) is 39.8 Å². The minimum atomic E-state index is -0.423. The zero-order valence-corrected chi connectivity index (χ0v) is 14.7. The number of nitrogens with one attached hydrogen (secondary N) is 1. The number of hydrogen-bond donors (Lipinski definition) is 1. The van der Waals surface area contributed by atoms with Crippen molar-refractivity contribution in [2.75, 3.05) is 0 Å². The number of hydrogen-bond acceptors (Lipinski definition) is 7. The first-order valence-electron chi connectivity index (χ1n) is 8.75. The van der Waals surface area contributed by atoms with Gasteiger partial charge in [-0.2, -0.15) is 36.1 Å². The molecule has 10 heteroatoms. The van der Waals surface area contributed by atoms with E-state index < -0.39 is 5.54 Å². The van der Waals surface area contributed by atoms with E-state index in [1.165, 1.54) is 0 Å².